The predicted molar refractivity (Wildman–Crippen MR) is 153 cm³/mol. The first-order chi connectivity index (χ1) is 20.3. The maximum Gasteiger partial charge on any atom is 0.260 e. The van der Waals surface area contributed by atoms with E-state index in [1.807, 2.05) is 0 Å². The molecule has 10 nitrogen and oxygen atoms in total. The van der Waals surface area contributed by atoms with Crippen LogP contribution in [0.25, 0.3) is 22.2 Å². The fourth-order valence-corrected chi connectivity index (χ4v) is 6.18. The number of β-amino-alcohol motifs (C(OH)–C–C–N with tert-alkyl or cyclic N) is 1. The number of sulfonamides is 1. The van der Waals surface area contributed by atoms with Crippen LogP contribution in [0.2, 0.25) is 0 Å². The van der Waals surface area contributed by atoms with Crippen molar-refractivity contribution in [2.24, 2.45) is 0 Å². The Labute approximate surface area is 243 Å². The van der Waals surface area contributed by atoms with Crippen LogP contribution in [0.5, 0.6) is 0 Å². The van der Waals surface area contributed by atoms with Gasteiger partial charge in [-0.1, -0.05) is 18.2 Å². The van der Waals surface area contributed by atoms with Gasteiger partial charge in [0.05, 0.1) is 17.4 Å². The number of anilines is 2. The van der Waals surface area contributed by atoms with Gasteiger partial charge in [0.1, 0.15) is 17.2 Å². The van der Waals surface area contributed by atoms with Crippen LogP contribution in [0.3, 0.4) is 0 Å². The Balaban J connectivity index is 1.53. The normalized spacial score (nSPS) is 17.4. The molecule has 4 aromatic rings. The SMILES string of the molecule is CC(C)n1c(=O)c(-c2cc(F)c(NS(=O)(=O)Cc3ccccc3F)c(F)c2F)cc2cnc(N[C@@H]3CNC[C@@H](O)C3)nc21. The maximum atomic E-state index is 15.4. The van der Waals surface area contributed by atoms with Crippen molar-refractivity contribution in [3.63, 3.8) is 0 Å². The van der Waals surface area contributed by atoms with Crippen molar-refractivity contribution in [1.82, 2.24) is 19.9 Å². The average Bonchev–Trinajstić information content (AvgIpc) is 2.94. The molecule has 0 bridgehead atoms. The van der Waals surface area contributed by atoms with Gasteiger partial charge in [0.25, 0.3) is 5.56 Å². The largest absolute Gasteiger partial charge is 0.392 e. The summed E-state index contributed by atoms with van der Waals surface area (Å²) in [5.41, 5.74) is -3.31. The van der Waals surface area contributed by atoms with Crippen molar-refractivity contribution in [1.29, 1.82) is 0 Å². The number of rotatable bonds is 8. The number of aliphatic hydroxyl groups is 1. The number of nitrogens with zero attached hydrogens (tertiary/aromatic N) is 3. The Kier molecular flexibility index (Phi) is 8.40. The van der Waals surface area contributed by atoms with Crippen molar-refractivity contribution in [3.8, 4) is 11.1 Å². The standard InChI is InChI=1S/C28H28F4N6O4S/c1-14(2)38-26-16(10-34-28(36-26)35-17-8-18(39)12-33-11-17)7-20(27(38)40)19-9-22(30)25(24(32)23(19)31)37-43(41,42)13-15-5-3-4-6-21(15)29/h3-7,9-10,14,17-18,33,37,39H,8,11-13H2,1-2H3,(H,34,35,36)/t17-,18-/m0/s1. The van der Waals surface area contributed by atoms with Gasteiger partial charge in [-0.05, 0) is 38.5 Å². The van der Waals surface area contributed by atoms with Gasteiger partial charge < -0.3 is 15.7 Å². The van der Waals surface area contributed by atoms with Gasteiger partial charge in [-0.15, -0.1) is 0 Å². The Morgan fingerprint density at radius 2 is 1.81 bits per heavy atom. The van der Waals surface area contributed by atoms with E-state index in [1.165, 1.54) is 35.0 Å². The van der Waals surface area contributed by atoms with E-state index in [2.05, 4.69) is 20.6 Å². The van der Waals surface area contributed by atoms with E-state index in [0.717, 1.165) is 6.07 Å². The molecule has 4 N–H and O–H groups in total. The third-order valence-electron chi connectivity index (χ3n) is 6.96. The van der Waals surface area contributed by atoms with Crippen LogP contribution < -0.4 is 20.9 Å². The number of benzene rings is 2. The summed E-state index contributed by atoms with van der Waals surface area (Å²) in [5, 5.41) is 16.4. The molecule has 15 heteroatoms. The van der Waals surface area contributed by atoms with E-state index >= 15 is 13.2 Å². The molecule has 0 spiro atoms. The second-order valence-corrected chi connectivity index (χ2v) is 12.3. The molecule has 43 heavy (non-hydrogen) atoms. The minimum Gasteiger partial charge on any atom is -0.392 e. The van der Waals surface area contributed by atoms with Crippen LogP contribution in [0.4, 0.5) is 29.2 Å². The second-order valence-electron chi connectivity index (χ2n) is 10.5. The number of nitrogens with one attached hydrogen (secondary N) is 3. The fraction of sp³-hybridized carbons (Fsp3) is 0.321. The van der Waals surface area contributed by atoms with Gasteiger partial charge in [0.15, 0.2) is 17.5 Å². The highest BCUT2D eigenvalue weighted by molar-refractivity contribution is 7.91. The first-order valence-electron chi connectivity index (χ1n) is 13.3. The molecule has 228 valence electrons. The van der Waals surface area contributed by atoms with E-state index in [0.29, 0.717) is 25.6 Å². The number of hydrogen-bond donors (Lipinski definition) is 4. The molecule has 5 rings (SSSR count). The molecule has 2 aromatic heterocycles. The number of hydrogen-bond acceptors (Lipinski definition) is 8. The summed E-state index contributed by atoms with van der Waals surface area (Å²) in [6.07, 6.45) is 1.28. The summed E-state index contributed by atoms with van der Waals surface area (Å²) in [4.78, 5) is 22.3. The minimum atomic E-state index is -4.57. The summed E-state index contributed by atoms with van der Waals surface area (Å²) in [7, 11) is -4.57. The van der Waals surface area contributed by atoms with Crippen LogP contribution >= 0.6 is 0 Å². The molecule has 0 amide bonds. The van der Waals surface area contributed by atoms with Crippen molar-refractivity contribution in [3.05, 3.63) is 81.8 Å². The predicted octanol–water partition coefficient (Wildman–Crippen LogP) is 3.67. The van der Waals surface area contributed by atoms with Gasteiger partial charge in [0, 0.05) is 47.9 Å². The molecule has 1 saturated heterocycles. The zero-order valence-corrected chi connectivity index (χ0v) is 23.9. The van der Waals surface area contributed by atoms with Crippen LogP contribution in [-0.4, -0.2) is 53.3 Å². The van der Waals surface area contributed by atoms with E-state index in [9.17, 15) is 22.7 Å². The molecule has 2 aromatic carbocycles. The molecule has 1 fully saturated rings. The average molecular weight is 621 g/mol. The van der Waals surface area contributed by atoms with Crippen molar-refractivity contribution in [2.75, 3.05) is 23.1 Å². The summed E-state index contributed by atoms with van der Waals surface area (Å²) in [6.45, 7) is 4.36. The van der Waals surface area contributed by atoms with Crippen molar-refractivity contribution < 1.29 is 31.1 Å². The summed E-state index contributed by atoms with van der Waals surface area (Å²) in [5.74, 6) is -6.64. The number of aliphatic hydroxyl groups excluding tert-OH is 1. The Morgan fingerprint density at radius 3 is 2.51 bits per heavy atom. The highest BCUT2D eigenvalue weighted by Gasteiger charge is 2.27. The first kappa shape index (κ1) is 30.4. The Morgan fingerprint density at radius 1 is 1.07 bits per heavy atom. The number of fused-ring (bicyclic) bond motifs is 1. The minimum absolute atomic E-state index is 0.178. The molecule has 3 heterocycles. The summed E-state index contributed by atoms with van der Waals surface area (Å²) in [6, 6.07) is 5.96. The number of halogens is 4. The van der Waals surface area contributed by atoms with E-state index in [-0.39, 0.29) is 28.6 Å². The Hall–Kier alpha value is -4.08. The molecule has 0 unspecified atom stereocenters. The van der Waals surface area contributed by atoms with E-state index < -0.39 is 73.6 Å². The van der Waals surface area contributed by atoms with Gasteiger partial charge in [0.2, 0.25) is 16.0 Å². The summed E-state index contributed by atoms with van der Waals surface area (Å²) < 4.78 is 87.7. The fourth-order valence-electron chi connectivity index (χ4n) is 4.97. The third-order valence-corrected chi connectivity index (χ3v) is 8.17. The lowest BCUT2D eigenvalue weighted by Crippen LogP contribution is -2.46. The molecule has 0 saturated carbocycles. The quantitative estimate of drug-likeness (QED) is 0.173. The number of aromatic nitrogens is 3. The monoisotopic (exact) mass is 620 g/mol. The molecular weight excluding hydrogens is 592 g/mol. The Bertz CT molecular complexity index is 1870. The topological polar surface area (TPSA) is 138 Å². The molecule has 0 aliphatic carbocycles. The number of piperidine rings is 1. The zero-order chi connectivity index (χ0) is 31.1. The third kappa shape index (κ3) is 6.33. The lowest BCUT2D eigenvalue weighted by Gasteiger charge is -2.27. The van der Waals surface area contributed by atoms with Crippen LogP contribution in [0.15, 0.2) is 47.4 Å². The van der Waals surface area contributed by atoms with Crippen LogP contribution in [0.1, 0.15) is 31.9 Å². The van der Waals surface area contributed by atoms with Crippen LogP contribution in [0, 0.1) is 23.3 Å². The van der Waals surface area contributed by atoms with Crippen LogP contribution in [-0.2, 0) is 15.8 Å². The zero-order valence-electron chi connectivity index (χ0n) is 23.0. The number of pyridine rings is 1. The lowest BCUT2D eigenvalue weighted by molar-refractivity contribution is 0.136. The summed E-state index contributed by atoms with van der Waals surface area (Å²) >= 11 is 0. The van der Waals surface area contributed by atoms with Crippen molar-refractivity contribution in [2.45, 2.75) is 44.2 Å². The van der Waals surface area contributed by atoms with E-state index in [1.54, 1.807) is 18.6 Å². The highest BCUT2D eigenvalue weighted by atomic mass is 32.2. The first-order valence-corrected chi connectivity index (χ1v) is 15.0. The molecule has 2 atom stereocenters. The van der Waals surface area contributed by atoms with Gasteiger partial charge in [-0.2, -0.15) is 4.98 Å². The highest BCUT2D eigenvalue weighted by Crippen LogP contribution is 2.32. The lowest BCUT2D eigenvalue weighted by atomic mass is 10.0. The van der Waals surface area contributed by atoms with Gasteiger partial charge >= 0.3 is 0 Å². The molecule has 0 radical (unpaired) electrons. The maximum absolute atomic E-state index is 15.4. The smallest absolute Gasteiger partial charge is 0.260 e. The second kappa shape index (κ2) is 11.9. The molecule has 1 aliphatic rings. The molecule has 1 aliphatic heterocycles. The van der Waals surface area contributed by atoms with Crippen molar-refractivity contribution >= 4 is 32.7 Å². The van der Waals surface area contributed by atoms with Gasteiger partial charge in [-0.25, -0.2) is 31.0 Å². The van der Waals surface area contributed by atoms with Gasteiger partial charge in [-0.3, -0.25) is 14.1 Å². The molecular formula is C28H28F4N6O4S. The van der Waals surface area contributed by atoms with E-state index in [4.69, 9.17) is 0 Å².